The largest absolute Gasteiger partial charge is 0.381 e. The fourth-order valence-electron chi connectivity index (χ4n) is 4.46. The number of benzene rings is 1. The van der Waals surface area contributed by atoms with E-state index >= 15 is 0 Å². The van der Waals surface area contributed by atoms with Gasteiger partial charge in [-0.15, -0.1) is 0 Å². The number of carbonyl (C=O) groups is 1. The molecule has 0 bridgehead atoms. The van der Waals surface area contributed by atoms with Crippen LogP contribution in [0.5, 0.6) is 0 Å². The molecule has 32 heavy (non-hydrogen) atoms. The number of rotatable bonds is 8. The quantitative estimate of drug-likeness (QED) is 0.491. The summed E-state index contributed by atoms with van der Waals surface area (Å²) in [6.07, 6.45) is 4.97. The molecule has 7 nitrogen and oxygen atoms in total. The third-order valence-electron chi connectivity index (χ3n) is 6.45. The van der Waals surface area contributed by atoms with Crippen LogP contribution in [0.1, 0.15) is 65.2 Å². The van der Waals surface area contributed by atoms with Gasteiger partial charge in [0.1, 0.15) is 6.04 Å². The third kappa shape index (κ3) is 4.35. The number of hydrogen-bond acceptors (Lipinski definition) is 5. The van der Waals surface area contributed by atoms with Crippen LogP contribution in [-0.2, 0) is 11.2 Å². The lowest BCUT2D eigenvalue weighted by Crippen LogP contribution is -2.30. The molecule has 1 saturated heterocycles. The molecule has 1 atom stereocenters. The van der Waals surface area contributed by atoms with Gasteiger partial charge < -0.3 is 18.7 Å². The normalized spacial score (nSPS) is 18.4. The Labute approximate surface area is 188 Å². The third-order valence-corrected chi connectivity index (χ3v) is 6.45. The summed E-state index contributed by atoms with van der Waals surface area (Å²) >= 11 is 0. The van der Waals surface area contributed by atoms with Crippen LogP contribution in [0.2, 0.25) is 0 Å². The molecular formula is C25H30N4O3. The van der Waals surface area contributed by atoms with E-state index in [1.165, 1.54) is 24.2 Å². The second kappa shape index (κ2) is 8.90. The van der Waals surface area contributed by atoms with E-state index in [0.717, 1.165) is 31.1 Å². The first-order chi connectivity index (χ1) is 15.6. The Balaban J connectivity index is 1.24. The number of nitrogens with zero attached hydrogens (tertiary/aromatic N) is 4. The van der Waals surface area contributed by atoms with E-state index in [0.29, 0.717) is 36.9 Å². The van der Waals surface area contributed by atoms with Crippen molar-refractivity contribution in [3.05, 3.63) is 65.1 Å². The minimum absolute atomic E-state index is 0.00696. The average molecular weight is 435 g/mol. The SMILES string of the molecule is Cc1ccc(C)n1-c1ccc(C(=O)N2CCCC2c2nc(CCOCC3CC3)no2)cc1. The smallest absolute Gasteiger partial charge is 0.254 e. The molecule has 2 aliphatic rings. The molecule has 1 aromatic carbocycles. The van der Waals surface area contributed by atoms with E-state index in [-0.39, 0.29) is 11.9 Å². The topological polar surface area (TPSA) is 73.4 Å². The maximum Gasteiger partial charge on any atom is 0.254 e. The fourth-order valence-corrected chi connectivity index (χ4v) is 4.46. The minimum Gasteiger partial charge on any atom is -0.381 e. The maximum absolute atomic E-state index is 13.3. The van der Waals surface area contributed by atoms with Crippen molar-refractivity contribution in [1.29, 1.82) is 0 Å². The Bertz CT molecular complexity index is 1060. The number of hydrogen-bond donors (Lipinski definition) is 0. The van der Waals surface area contributed by atoms with Crippen molar-refractivity contribution in [2.24, 2.45) is 5.92 Å². The monoisotopic (exact) mass is 434 g/mol. The summed E-state index contributed by atoms with van der Waals surface area (Å²) in [5, 5.41) is 4.11. The van der Waals surface area contributed by atoms with Crippen LogP contribution < -0.4 is 0 Å². The maximum atomic E-state index is 13.3. The molecular weight excluding hydrogens is 404 g/mol. The van der Waals surface area contributed by atoms with Gasteiger partial charge in [-0.2, -0.15) is 4.98 Å². The zero-order valence-electron chi connectivity index (χ0n) is 18.8. The lowest BCUT2D eigenvalue weighted by atomic mass is 10.1. The van der Waals surface area contributed by atoms with Gasteiger partial charge in [-0.05, 0) is 81.8 Å². The molecule has 3 heterocycles. The van der Waals surface area contributed by atoms with Gasteiger partial charge in [0.05, 0.1) is 6.61 Å². The van der Waals surface area contributed by atoms with Gasteiger partial charge in [0.25, 0.3) is 5.91 Å². The van der Waals surface area contributed by atoms with Crippen molar-refractivity contribution in [3.8, 4) is 5.69 Å². The number of carbonyl (C=O) groups excluding carboxylic acids is 1. The van der Waals surface area contributed by atoms with Crippen LogP contribution in [0, 0.1) is 19.8 Å². The molecule has 2 aromatic heterocycles. The van der Waals surface area contributed by atoms with E-state index < -0.39 is 0 Å². The van der Waals surface area contributed by atoms with E-state index in [9.17, 15) is 4.79 Å². The Morgan fingerprint density at radius 1 is 1.09 bits per heavy atom. The molecule has 0 spiro atoms. The standard InChI is InChI=1S/C25H30N4O3/c1-17-5-6-18(2)29(17)21-11-9-20(10-12-21)25(30)28-14-3-4-22(28)24-26-23(27-32-24)13-15-31-16-19-7-8-19/h5-6,9-12,19,22H,3-4,7-8,13-16H2,1-2H3. The van der Waals surface area contributed by atoms with Crippen molar-refractivity contribution in [1.82, 2.24) is 19.6 Å². The molecule has 5 rings (SSSR count). The Morgan fingerprint density at radius 2 is 1.84 bits per heavy atom. The molecule has 0 N–H and O–H groups in total. The summed E-state index contributed by atoms with van der Waals surface area (Å²) in [4.78, 5) is 19.7. The van der Waals surface area contributed by atoms with Crippen molar-refractivity contribution < 1.29 is 14.1 Å². The van der Waals surface area contributed by atoms with Crippen LogP contribution in [0.15, 0.2) is 40.9 Å². The van der Waals surface area contributed by atoms with Gasteiger partial charge in [-0.25, -0.2) is 0 Å². The lowest BCUT2D eigenvalue weighted by Gasteiger charge is -2.22. The Kier molecular flexibility index (Phi) is 5.83. The van der Waals surface area contributed by atoms with Crippen LogP contribution in [0.3, 0.4) is 0 Å². The summed E-state index contributed by atoms with van der Waals surface area (Å²) in [5.41, 5.74) is 4.08. The zero-order chi connectivity index (χ0) is 22.1. The predicted octanol–water partition coefficient (Wildman–Crippen LogP) is 4.42. The molecule has 1 unspecified atom stereocenters. The first kappa shape index (κ1) is 20.9. The van der Waals surface area contributed by atoms with E-state index in [1.807, 2.05) is 29.2 Å². The van der Waals surface area contributed by atoms with Crippen molar-refractivity contribution in [2.45, 2.75) is 52.0 Å². The van der Waals surface area contributed by atoms with E-state index in [4.69, 9.17) is 9.26 Å². The highest BCUT2D eigenvalue weighted by atomic mass is 16.5. The van der Waals surface area contributed by atoms with Crippen LogP contribution >= 0.6 is 0 Å². The van der Waals surface area contributed by atoms with Gasteiger partial charge in [0.15, 0.2) is 5.82 Å². The molecule has 1 aliphatic heterocycles. The number of amides is 1. The number of aryl methyl sites for hydroxylation is 2. The first-order valence-electron chi connectivity index (χ1n) is 11.6. The fraction of sp³-hybridized carbons (Fsp3) is 0.480. The number of ether oxygens (including phenoxy) is 1. The summed E-state index contributed by atoms with van der Waals surface area (Å²) in [6.45, 7) is 6.30. The van der Waals surface area contributed by atoms with Gasteiger partial charge in [0.2, 0.25) is 5.89 Å². The second-order valence-corrected chi connectivity index (χ2v) is 8.97. The highest BCUT2D eigenvalue weighted by molar-refractivity contribution is 5.94. The average Bonchev–Trinajstić information content (AvgIpc) is 3.16. The summed E-state index contributed by atoms with van der Waals surface area (Å²) in [5.74, 6) is 1.94. The second-order valence-electron chi connectivity index (χ2n) is 8.97. The molecule has 1 aliphatic carbocycles. The van der Waals surface area contributed by atoms with E-state index in [2.05, 4.69) is 40.7 Å². The van der Waals surface area contributed by atoms with Gasteiger partial charge in [-0.1, -0.05) is 5.16 Å². The van der Waals surface area contributed by atoms with E-state index in [1.54, 1.807) is 0 Å². The highest BCUT2D eigenvalue weighted by Gasteiger charge is 2.34. The summed E-state index contributed by atoms with van der Waals surface area (Å²) in [6, 6.07) is 11.9. The van der Waals surface area contributed by atoms with Crippen molar-refractivity contribution in [2.75, 3.05) is 19.8 Å². The van der Waals surface area contributed by atoms with Crippen molar-refractivity contribution >= 4 is 5.91 Å². The molecule has 168 valence electrons. The summed E-state index contributed by atoms with van der Waals surface area (Å²) < 4.78 is 13.4. The molecule has 1 saturated carbocycles. The highest BCUT2D eigenvalue weighted by Crippen LogP contribution is 2.32. The van der Waals surface area contributed by atoms with Gasteiger partial charge in [0, 0.05) is 42.2 Å². The molecule has 1 amide bonds. The Morgan fingerprint density at radius 3 is 2.56 bits per heavy atom. The molecule has 0 radical (unpaired) electrons. The summed E-state index contributed by atoms with van der Waals surface area (Å²) in [7, 11) is 0. The van der Waals surface area contributed by atoms with Gasteiger partial charge in [-0.3, -0.25) is 4.79 Å². The molecule has 3 aromatic rings. The predicted molar refractivity (Wildman–Crippen MR) is 120 cm³/mol. The van der Waals surface area contributed by atoms with Crippen molar-refractivity contribution in [3.63, 3.8) is 0 Å². The zero-order valence-corrected chi connectivity index (χ0v) is 18.8. The molecule has 2 fully saturated rings. The lowest BCUT2D eigenvalue weighted by molar-refractivity contribution is 0.0710. The number of aromatic nitrogens is 3. The van der Waals surface area contributed by atoms with Gasteiger partial charge >= 0.3 is 0 Å². The Hall–Kier alpha value is -2.93. The van der Waals surface area contributed by atoms with Crippen LogP contribution in [0.25, 0.3) is 5.69 Å². The van der Waals surface area contributed by atoms with Crippen LogP contribution in [-0.4, -0.2) is 45.3 Å². The molecule has 7 heteroatoms. The number of likely N-dealkylation sites (tertiary alicyclic amines) is 1. The minimum atomic E-state index is -0.162. The van der Waals surface area contributed by atoms with Crippen LogP contribution in [0.4, 0.5) is 0 Å². The first-order valence-corrected chi connectivity index (χ1v) is 11.6.